The molecule has 164 valence electrons. The zero-order chi connectivity index (χ0) is 22.8. The van der Waals surface area contributed by atoms with Gasteiger partial charge in [-0.3, -0.25) is 23.7 Å². The third-order valence-electron chi connectivity index (χ3n) is 3.64. The van der Waals surface area contributed by atoms with Crippen molar-refractivity contribution in [1.82, 2.24) is 14.6 Å². The molecule has 0 spiro atoms. The molecule has 30 heavy (non-hydrogen) atoms. The molecular weight excluding hydrogens is 448 g/mol. The Bertz CT molecular complexity index is 1020. The van der Waals surface area contributed by atoms with Crippen molar-refractivity contribution in [2.75, 3.05) is 5.73 Å². The van der Waals surface area contributed by atoms with Crippen LogP contribution in [0.25, 0.3) is 0 Å². The summed E-state index contributed by atoms with van der Waals surface area (Å²) in [7, 11) is -5.09. The van der Waals surface area contributed by atoms with Crippen molar-refractivity contribution in [1.29, 1.82) is 0 Å². The molecule has 3 unspecified atom stereocenters. The summed E-state index contributed by atoms with van der Waals surface area (Å²) < 4.78 is 31.3. The molecular formula is C13H16N6O9S2. The number of nitrogens with one attached hydrogen (secondary N) is 1. The highest BCUT2D eigenvalue weighted by atomic mass is 32.2. The molecule has 1 aliphatic rings. The third kappa shape index (κ3) is 4.99. The molecule has 3 atom stereocenters. The first-order chi connectivity index (χ1) is 13.8. The van der Waals surface area contributed by atoms with Crippen LogP contribution in [0.3, 0.4) is 0 Å². The summed E-state index contributed by atoms with van der Waals surface area (Å²) >= 11 is 0.938. The van der Waals surface area contributed by atoms with Crippen molar-refractivity contribution in [3.63, 3.8) is 0 Å². The standard InChI is InChI=1S/C13H16N6O9S2/c1-4(2-6(20)21)28-18-7(5-3-29-13(15)16-5)11(23)17-8-9(10(14)22)19(12(8)24)30(25,26)27/h3-4,8-9H,2H2,1H3,(H2,14,22)(H2,15,16)(H,17,23)(H,20,21)(H,25,26,27)/b18-7-. The minimum Gasteiger partial charge on any atom is -0.481 e. The molecule has 0 aliphatic carbocycles. The number of carbonyl (C=O) groups excluding carboxylic acids is 3. The number of β-lactam (4-membered cyclic amide) rings is 1. The fourth-order valence-corrected chi connectivity index (χ4v) is 3.78. The summed E-state index contributed by atoms with van der Waals surface area (Å²) in [4.78, 5) is 55.6. The summed E-state index contributed by atoms with van der Waals surface area (Å²) in [5.74, 6) is -4.93. The number of aromatic nitrogens is 1. The molecule has 3 amide bonds. The van der Waals surface area contributed by atoms with Gasteiger partial charge in [0.05, 0.1) is 6.42 Å². The van der Waals surface area contributed by atoms with Crippen LogP contribution in [-0.4, -0.2) is 75.0 Å². The molecule has 1 aliphatic heterocycles. The molecule has 1 fully saturated rings. The molecule has 1 saturated heterocycles. The van der Waals surface area contributed by atoms with E-state index in [1.54, 1.807) is 0 Å². The number of nitrogens with zero attached hydrogens (tertiary/aromatic N) is 3. The first-order valence-corrected chi connectivity index (χ1v) is 10.2. The summed E-state index contributed by atoms with van der Waals surface area (Å²) in [6, 6.07) is -3.58. The van der Waals surface area contributed by atoms with E-state index in [1.807, 2.05) is 0 Å². The number of carboxylic acids is 1. The summed E-state index contributed by atoms with van der Waals surface area (Å²) in [5, 5.41) is 15.7. The van der Waals surface area contributed by atoms with Crippen LogP contribution in [0.2, 0.25) is 0 Å². The third-order valence-corrected chi connectivity index (χ3v) is 5.22. The van der Waals surface area contributed by atoms with Crippen LogP contribution in [0.1, 0.15) is 19.0 Å². The number of nitrogens with two attached hydrogens (primary N) is 2. The lowest BCUT2D eigenvalue weighted by Gasteiger charge is -2.41. The van der Waals surface area contributed by atoms with Crippen LogP contribution in [0.4, 0.5) is 5.13 Å². The first-order valence-electron chi connectivity index (χ1n) is 7.90. The second kappa shape index (κ2) is 8.59. The van der Waals surface area contributed by atoms with E-state index in [0.717, 1.165) is 11.3 Å². The Hall–Kier alpha value is -3.31. The van der Waals surface area contributed by atoms with Crippen LogP contribution < -0.4 is 16.8 Å². The Labute approximate surface area is 172 Å². The number of carboxylic acid groups (broad SMARTS) is 1. The van der Waals surface area contributed by atoms with Gasteiger partial charge in [0.2, 0.25) is 5.91 Å². The zero-order valence-corrected chi connectivity index (χ0v) is 16.7. The average molecular weight is 464 g/mol. The Kier molecular flexibility index (Phi) is 6.58. The zero-order valence-electron chi connectivity index (χ0n) is 15.1. The summed E-state index contributed by atoms with van der Waals surface area (Å²) in [6.45, 7) is 1.37. The number of hydrogen-bond acceptors (Lipinski definition) is 11. The fraction of sp³-hybridized carbons (Fsp3) is 0.385. The van der Waals surface area contributed by atoms with E-state index in [-0.39, 0.29) is 15.1 Å². The van der Waals surface area contributed by atoms with Crippen molar-refractivity contribution in [2.45, 2.75) is 31.5 Å². The summed E-state index contributed by atoms with van der Waals surface area (Å²) in [6.07, 6.45) is -1.38. The number of hydrogen-bond donors (Lipinski definition) is 5. The molecule has 0 bridgehead atoms. The van der Waals surface area contributed by atoms with Gasteiger partial charge in [0.1, 0.15) is 17.8 Å². The van der Waals surface area contributed by atoms with Crippen molar-refractivity contribution < 1.29 is 42.1 Å². The van der Waals surface area contributed by atoms with Crippen molar-refractivity contribution in [3.8, 4) is 0 Å². The second-order valence-corrected chi connectivity index (χ2v) is 8.11. The highest BCUT2D eigenvalue weighted by molar-refractivity contribution is 7.84. The van der Waals surface area contributed by atoms with Gasteiger partial charge in [0.15, 0.2) is 16.9 Å². The van der Waals surface area contributed by atoms with Gasteiger partial charge in [-0.2, -0.15) is 12.7 Å². The van der Waals surface area contributed by atoms with Gasteiger partial charge in [0, 0.05) is 5.38 Å². The SMILES string of the molecule is CC(CC(=O)O)O/N=C(\C(=O)NC1C(=O)N(S(=O)(=O)O)C1C(N)=O)c1csc(N)n1. The molecule has 17 heteroatoms. The maximum Gasteiger partial charge on any atom is 0.363 e. The molecule has 1 aromatic heterocycles. The monoisotopic (exact) mass is 464 g/mol. The highest BCUT2D eigenvalue weighted by Gasteiger charge is 2.57. The van der Waals surface area contributed by atoms with E-state index >= 15 is 0 Å². The van der Waals surface area contributed by atoms with E-state index < -0.39 is 64.3 Å². The molecule has 7 N–H and O–H groups in total. The Morgan fingerprint density at radius 3 is 2.57 bits per heavy atom. The maximum absolute atomic E-state index is 12.6. The normalized spacial score (nSPS) is 20.3. The minimum atomic E-state index is -5.09. The largest absolute Gasteiger partial charge is 0.481 e. The van der Waals surface area contributed by atoms with E-state index in [0.29, 0.717) is 0 Å². The molecule has 1 aromatic rings. The topological polar surface area (TPSA) is 245 Å². The number of oxime groups is 1. The molecule has 15 nitrogen and oxygen atoms in total. The average Bonchev–Trinajstić information content (AvgIpc) is 3.01. The maximum atomic E-state index is 12.6. The fourth-order valence-electron chi connectivity index (χ4n) is 2.38. The van der Waals surface area contributed by atoms with Gasteiger partial charge in [-0.05, 0) is 6.92 Å². The molecule has 2 heterocycles. The van der Waals surface area contributed by atoms with Gasteiger partial charge >= 0.3 is 16.3 Å². The van der Waals surface area contributed by atoms with Crippen molar-refractivity contribution in [3.05, 3.63) is 11.1 Å². The van der Waals surface area contributed by atoms with Gasteiger partial charge in [0.25, 0.3) is 11.8 Å². The van der Waals surface area contributed by atoms with E-state index in [4.69, 9.17) is 26.0 Å². The van der Waals surface area contributed by atoms with Gasteiger partial charge in [-0.25, -0.2) is 4.98 Å². The number of thiazole rings is 1. The van der Waals surface area contributed by atoms with Crippen molar-refractivity contribution >= 4 is 56.2 Å². The molecule has 2 rings (SSSR count). The lowest BCUT2D eigenvalue weighted by Crippen LogP contribution is -2.75. The van der Waals surface area contributed by atoms with Crippen LogP contribution in [0, 0.1) is 0 Å². The minimum absolute atomic E-state index is 0.0522. The molecule has 0 radical (unpaired) electrons. The smallest absolute Gasteiger partial charge is 0.363 e. The van der Waals surface area contributed by atoms with Gasteiger partial charge < -0.3 is 26.7 Å². The van der Waals surface area contributed by atoms with Gasteiger partial charge in [-0.15, -0.1) is 11.3 Å². The van der Waals surface area contributed by atoms with E-state index in [1.165, 1.54) is 12.3 Å². The van der Waals surface area contributed by atoms with Crippen LogP contribution in [-0.2, 0) is 34.3 Å². The lowest BCUT2D eigenvalue weighted by atomic mass is 9.98. The number of primary amides is 1. The Morgan fingerprint density at radius 1 is 1.47 bits per heavy atom. The number of rotatable bonds is 9. The van der Waals surface area contributed by atoms with E-state index in [9.17, 15) is 27.6 Å². The number of nitrogen functional groups attached to an aromatic ring is 1. The highest BCUT2D eigenvalue weighted by Crippen LogP contribution is 2.23. The van der Waals surface area contributed by atoms with Crippen LogP contribution >= 0.6 is 11.3 Å². The Balaban J connectivity index is 2.27. The van der Waals surface area contributed by atoms with Crippen LogP contribution in [0.15, 0.2) is 10.5 Å². The number of amides is 3. The molecule has 0 aromatic carbocycles. The predicted octanol–water partition coefficient (Wildman–Crippen LogP) is -2.71. The van der Waals surface area contributed by atoms with Gasteiger partial charge in [-0.1, -0.05) is 5.16 Å². The number of anilines is 1. The quantitative estimate of drug-likeness (QED) is 0.109. The predicted molar refractivity (Wildman–Crippen MR) is 99.2 cm³/mol. The Morgan fingerprint density at radius 2 is 2.10 bits per heavy atom. The lowest BCUT2D eigenvalue weighted by molar-refractivity contribution is -0.150. The van der Waals surface area contributed by atoms with Crippen LogP contribution in [0.5, 0.6) is 0 Å². The van der Waals surface area contributed by atoms with E-state index in [2.05, 4.69) is 15.5 Å². The second-order valence-electron chi connectivity index (χ2n) is 5.93. The first kappa shape index (κ1) is 23.0. The van der Waals surface area contributed by atoms with Crippen molar-refractivity contribution in [2.24, 2.45) is 10.9 Å². The summed E-state index contributed by atoms with van der Waals surface area (Å²) in [5.41, 5.74) is 9.95. The molecule has 0 saturated carbocycles. The number of aliphatic carboxylic acids is 1. The number of carbonyl (C=O) groups is 4.